The third-order valence-corrected chi connectivity index (χ3v) is 5.84. The molecule has 164 valence electrons. The Morgan fingerprint density at radius 2 is 1.97 bits per heavy atom. The molecule has 2 aromatic heterocycles. The average molecular weight is 468 g/mol. The monoisotopic (exact) mass is 467 g/mol. The lowest BCUT2D eigenvalue weighted by atomic mass is 10.1. The van der Waals surface area contributed by atoms with Crippen molar-refractivity contribution in [3.8, 4) is 34.1 Å². The summed E-state index contributed by atoms with van der Waals surface area (Å²) in [5.74, 6) is 1.62. The zero-order chi connectivity index (χ0) is 22.7. The number of amides is 1. The van der Waals surface area contributed by atoms with Crippen molar-refractivity contribution in [1.29, 1.82) is 0 Å². The van der Waals surface area contributed by atoms with E-state index >= 15 is 0 Å². The minimum absolute atomic E-state index is 0.0177. The summed E-state index contributed by atoms with van der Waals surface area (Å²) < 4.78 is 12.7. The van der Waals surface area contributed by atoms with Crippen molar-refractivity contribution in [2.24, 2.45) is 0 Å². The second kappa shape index (κ2) is 9.33. The van der Waals surface area contributed by atoms with Gasteiger partial charge in [0.2, 0.25) is 5.91 Å². The topological polar surface area (TPSA) is 94.1 Å². The van der Waals surface area contributed by atoms with Gasteiger partial charge in [0.15, 0.2) is 27.2 Å². The first kappa shape index (κ1) is 21.7. The summed E-state index contributed by atoms with van der Waals surface area (Å²) >= 11 is 6.67. The van der Waals surface area contributed by atoms with Gasteiger partial charge in [-0.15, -0.1) is 11.3 Å². The molecule has 10 heteroatoms. The van der Waals surface area contributed by atoms with Crippen LogP contribution in [0.15, 0.2) is 47.8 Å². The molecule has 2 N–H and O–H groups in total. The number of carbonyl (C=O) groups is 1. The fourth-order valence-corrected chi connectivity index (χ4v) is 4.16. The van der Waals surface area contributed by atoms with Gasteiger partial charge in [0.05, 0.1) is 19.9 Å². The van der Waals surface area contributed by atoms with Crippen LogP contribution in [-0.2, 0) is 11.3 Å². The van der Waals surface area contributed by atoms with Gasteiger partial charge in [-0.3, -0.25) is 14.5 Å². The number of thiazole rings is 1. The highest BCUT2D eigenvalue weighted by Gasteiger charge is 2.15. The van der Waals surface area contributed by atoms with Crippen LogP contribution in [0.5, 0.6) is 11.5 Å². The largest absolute Gasteiger partial charge is 0.493 e. The summed E-state index contributed by atoms with van der Waals surface area (Å²) in [5.41, 5.74) is 3.57. The van der Waals surface area contributed by atoms with E-state index in [1.54, 1.807) is 18.8 Å². The van der Waals surface area contributed by atoms with Crippen molar-refractivity contribution in [2.45, 2.75) is 13.5 Å². The molecule has 0 radical (unpaired) electrons. The maximum atomic E-state index is 12.7. The number of rotatable bonds is 7. The van der Waals surface area contributed by atoms with Crippen LogP contribution >= 0.6 is 23.6 Å². The Bertz CT molecular complexity index is 1330. The molecule has 0 atom stereocenters. The third kappa shape index (κ3) is 4.56. The second-order valence-corrected chi connectivity index (χ2v) is 8.21. The summed E-state index contributed by atoms with van der Waals surface area (Å²) in [4.78, 5) is 17.2. The molecule has 0 aliphatic rings. The number of carbonyl (C=O) groups excluding carboxylic acids is 1. The fourth-order valence-electron chi connectivity index (χ4n) is 3.23. The van der Waals surface area contributed by atoms with E-state index in [9.17, 15) is 4.79 Å². The molecule has 0 aliphatic heterocycles. The number of nitrogens with zero attached hydrogens (tertiary/aromatic N) is 3. The number of H-pyrrole nitrogens is 1. The molecule has 8 nitrogen and oxygen atoms in total. The molecule has 1 amide bonds. The number of hydrogen-bond donors (Lipinski definition) is 2. The van der Waals surface area contributed by atoms with Gasteiger partial charge in [0, 0.05) is 16.5 Å². The smallest absolute Gasteiger partial charge is 0.246 e. The van der Waals surface area contributed by atoms with E-state index in [0.717, 1.165) is 22.4 Å². The molecule has 0 saturated heterocycles. The Kier molecular flexibility index (Phi) is 6.33. The molecule has 2 heterocycles. The van der Waals surface area contributed by atoms with Gasteiger partial charge < -0.3 is 14.8 Å². The number of aromatic amines is 1. The van der Waals surface area contributed by atoms with Crippen LogP contribution in [0.3, 0.4) is 0 Å². The van der Waals surface area contributed by atoms with Crippen LogP contribution in [0.2, 0.25) is 0 Å². The average Bonchev–Trinajstić information content (AvgIpc) is 3.40. The lowest BCUT2D eigenvalue weighted by molar-refractivity contribution is -0.116. The normalized spacial score (nSPS) is 10.7. The SMILES string of the molecule is COc1ccc(-c2csc(NC(=O)Cn3c(-c4cccc(C)c4)n[nH]c3=S)n2)cc1OC. The molecule has 2 aromatic carbocycles. The molecule has 4 rings (SSSR count). The summed E-state index contributed by atoms with van der Waals surface area (Å²) in [6.07, 6.45) is 0. The highest BCUT2D eigenvalue weighted by molar-refractivity contribution is 7.71. The van der Waals surface area contributed by atoms with Crippen molar-refractivity contribution >= 4 is 34.6 Å². The fraction of sp³-hybridized carbons (Fsp3) is 0.182. The van der Waals surface area contributed by atoms with Gasteiger partial charge in [0.1, 0.15) is 6.54 Å². The van der Waals surface area contributed by atoms with Crippen molar-refractivity contribution < 1.29 is 14.3 Å². The molecule has 32 heavy (non-hydrogen) atoms. The lowest BCUT2D eigenvalue weighted by Gasteiger charge is -2.08. The summed E-state index contributed by atoms with van der Waals surface area (Å²) in [6.45, 7) is 2.02. The maximum Gasteiger partial charge on any atom is 0.246 e. The minimum Gasteiger partial charge on any atom is -0.493 e. The van der Waals surface area contributed by atoms with Crippen LogP contribution in [-0.4, -0.2) is 39.9 Å². The zero-order valence-corrected chi connectivity index (χ0v) is 19.3. The van der Waals surface area contributed by atoms with Crippen molar-refractivity contribution in [1.82, 2.24) is 19.7 Å². The maximum absolute atomic E-state index is 12.7. The Labute approximate surface area is 193 Å². The van der Waals surface area contributed by atoms with Gasteiger partial charge in [-0.2, -0.15) is 5.10 Å². The van der Waals surface area contributed by atoms with E-state index in [2.05, 4.69) is 20.5 Å². The van der Waals surface area contributed by atoms with Crippen LogP contribution < -0.4 is 14.8 Å². The van der Waals surface area contributed by atoms with Crippen LogP contribution in [0.25, 0.3) is 22.6 Å². The minimum atomic E-state index is -0.246. The van der Waals surface area contributed by atoms with E-state index in [4.69, 9.17) is 21.7 Å². The van der Waals surface area contributed by atoms with E-state index in [0.29, 0.717) is 27.2 Å². The first-order valence-corrected chi connectivity index (χ1v) is 11.0. The highest BCUT2D eigenvalue weighted by atomic mass is 32.1. The lowest BCUT2D eigenvalue weighted by Crippen LogP contribution is -2.19. The van der Waals surface area contributed by atoms with Gasteiger partial charge in [-0.1, -0.05) is 23.8 Å². The number of aryl methyl sites for hydroxylation is 1. The number of ether oxygens (including phenoxy) is 2. The second-order valence-electron chi connectivity index (χ2n) is 6.96. The first-order valence-electron chi connectivity index (χ1n) is 9.68. The third-order valence-electron chi connectivity index (χ3n) is 4.77. The van der Waals surface area contributed by atoms with Crippen molar-refractivity contribution in [3.05, 3.63) is 58.2 Å². The van der Waals surface area contributed by atoms with Crippen LogP contribution in [0.4, 0.5) is 5.13 Å². The predicted molar refractivity (Wildman–Crippen MR) is 127 cm³/mol. The number of hydrogen-bond acceptors (Lipinski definition) is 7. The van der Waals surface area contributed by atoms with Crippen molar-refractivity contribution in [2.75, 3.05) is 19.5 Å². The molecular formula is C22H21N5O3S2. The van der Waals surface area contributed by atoms with E-state index in [1.165, 1.54) is 11.3 Å². The number of anilines is 1. The molecular weight excluding hydrogens is 446 g/mol. The quantitative estimate of drug-likeness (QED) is 0.383. The number of nitrogens with one attached hydrogen (secondary N) is 2. The van der Waals surface area contributed by atoms with Crippen LogP contribution in [0.1, 0.15) is 5.56 Å². The van der Waals surface area contributed by atoms with Crippen LogP contribution in [0, 0.1) is 11.7 Å². The Morgan fingerprint density at radius 3 is 2.72 bits per heavy atom. The van der Waals surface area contributed by atoms with E-state index in [-0.39, 0.29) is 12.5 Å². The predicted octanol–water partition coefficient (Wildman–Crippen LogP) is 4.70. The molecule has 0 unspecified atom stereocenters. The number of aromatic nitrogens is 4. The van der Waals surface area contributed by atoms with E-state index < -0.39 is 0 Å². The summed E-state index contributed by atoms with van der Waals surface area (Å²) in [7, 11) is 3.17. The Balaban J connectivity index is 1.51. The van der Waals surface area contributed by atoms with Crippen molar-refractivity contribution in [3.63, 3.8) is 0 Å². The summed E-state index contributed by atoms with van der Waals surface area (Å²) in [6, 6.07) is 13.4. The van der Waals surface area contributed by atoms with E-state index in [1.807, 2.05) is 54.8 Å². The molecule has 0 saturated carbocycles. The van der Waals surface area contributed by atoms with Gasteiger partial charge in [0.25, 0.3) is 0 Å². The molecule has 0 fully saturated rings. The number of methoxy groups -OCH3 is 2. The number of benzene rings is 2. The molecule has 0 aliphatic carbocycles. The molecule has 0 spiro atoms. The standard InChI is InChI=1S/C22H21N5O3S2/c1-13-5-4-6-15(9-13)20-25-26-22(31)27(20)11-19(28)24-21-23-16(12-32-21)14-7-8-17(29-2)18(10-14)30-3/h4-10,12H,11H2,1-3H3,(H,26,31)(H,23,24,28). The van der Waals surface area contributed by atoms with Gasteiger partial charge in [-0.25, -0.2) is 4.98 Å². The van der Waals surface area contributed by atoms with Gasteiger partial charge in [-0.05, 0) is 43.4 Å². The first-order chi connectivity index (χ1) is 15.5. The van der Waals surface area contributed by atoms with Gasteiger partial charge >= 0.3 is 0 Å². The Morgan fingerprint density at radius 1 is 1.16 bits per heavy atom. The molecule has 0 bridgehead atoms. The summed E-state index contributed by atoms with van der Waals surface area (Å²) in [5, 5.41) is 12.3. The zero-order valence-electron chi connectivity index (χ0n) is 17.7. The Hall–Kier alpha value is -3.50. The highest BCUT2D eigenvalue weighted by Crippen LogP contribution is 2.33. The molecule has 4 aromatic rings.